The van der Waals surface area contributed by atoms with Crippen molar-refractivity contribution in [2.24, 2.45) is 5.41 Å². The summed E-state index contributed by atoms with van der Waals surface area (Å²) in [5.41, 5.74) is 19.5. The maximum atomic E-state index is 14.1. The van der Waals surface area contributed by atoms with Gasteiger partial charge in [0, 0.05) is 114 Å². The van der Waals surface area contributed by atoms with Gasteiger partial charge >= 0.3 is 6.18 Å². The molecule has 3 aliphatic heterocycles. The number of nitrogens with zero attached hydrogens (tertiary/aromatic N) is 9. The van der Waals surface area contributed by atoms with Crippen molar-refractivity contribution in [3.8, 4) is 11.8 Å². The van der Waals surface area contributed by atoms with Crippen LogP contribution in [0.3, 0.4) is 0 Å². The Morgan fingerprint density at radius 3 is 1.40 bits per heavy atom. The highest BCUT2D eigenvalue weighted by Crippen LogP contribution is 2.35. The highest BCUT2D eigenvalue weighted by molar-refractivity contribution is 6.13. The molecule has 2 aromatic carbocycles. The molecule has 3 saturated heterocycles. The molecule has 0 radical (unpaired) electrons. The van der Waals surface area contributed by atoms with Gasteiger partial charge in [-0.15, -0.1) is 5.92 Å². The fraction of sp³-hybridized carbons (Fsp3) is 0.269. The summed E-state index contributed by atoms with van der Waals surface area (Å²) in [5.74, 6) is 5.31. The summed E-state index contributed by atoms with van der Waals surface area (Å²) in [5, 5.41) is 10.5. The topological polar surface area (TPSA) is 252 Å². The molecule has 3 atom stereocenters. The lowest BCUT2D eigenvalue weighted by molar-refractivity contribution is -0.138. The summed E-state index contributed by atoms with van der Waals surface area (Å²) in [6.07, 6.45) is -0.290. The van der Waals surface area contributed by atoms with Crippen LogP contribution in [-0.4, -0.2) is 112 Å². The summed E-state index contributed by atoms with van der Waals surface area (Å²) in [4.78, 5) is 70.5. The van der Waals surface area contributed by atoms with Crippen molar-refractivity contribution in [2.75, 3.05) is 90.8 Å². The van der Waals surface area contributed by atoms with Crippen molar-refractivity contribution in [1.29, 1.82) is 0 Å². The molecule has 3 aliphatic rings. The van der Waals surface area contributed by atoms with E-state index in [1.807, 2.05) is 53.4 Å². The zero-order valence-corrected chi connectivity index (χ0v) is 49.7. The van der Waals surface area contributed by atoms with E-state index in [1.54, 1.807) is 49.5 Å². The number of hydrogen-bond donors (Lipinski definition) is 6. The first kappa shape index (κ1) is 63.5. The van der Waals surface area contributed by atoms with Crippen LogP contribution in [0.2, 0.25) is 0 Å². The first-order valence-electron chi connectivity index (χ1n) is 28.9. The van der Waals surface area contributed by atoms with Crippen LogP contribution in [-0.2, 0) is 6.18 Å². The number of piperazine rings is 3. The van der Waals surface area contributed by atoms with Crippen molar-refractivity contribution in [1.82, 2.24) is 45.9 Å². The number of nitrogen functional groups attached to an aromatic ring is 3. The Hall–Kier alpha value is -9.95. The van der Waals surface area contributed by atoms with Gasteiger partial charge in [0.2, 0.25) is 17.3 Å². The molecule has 8 aromatic rings. The smallest absolute Gasteiger partial charge is 0.383 e. The minimum atomic E-state index is -4.72. The first-order valence-corrected chi connectivity index (χ1v) is 28.9. The van der Waals surface area contributed by atoms with E-state index >= 15 is 0 Å². The van der Waals surface area contributed by atoms with Crippen LogP contribution in [0.5, 0.6) is 0 Å². The van der Waals surface area contributed by atoms with E-state index in [4.69, 9.17) is 22.2 Å². The summed E-state index contributed by atoms with van der Waals surface area (Å²) in [7, 11) is 0. The fourth-order valence-electron chi connectivity index (χ4n) is 10.6. The van der Waals surface area contributed by atoms with E-state index < -0.39 is 34.8 Å². The number of nitrogens with two attached hydrogens (primary N) is 3. The van der Waals surface area contributed by atoms with Crippen molar-refractivity contribution < 1.29 is 44.8 Å². The van der Waals surface area contributed by atoms with Gasteiger partial charge < -0.3 is 47.9 Å². The number of pyridine rings is 6. The van der Waals surface area contributed by atoms with Gasteiger partial charge in [0.1, 0.15) is 57.8 Å². The normalized spacial score (nSPS) is 16.7. The fourth-order valence-corrected chi connectivity index (χ4v) is 10.6. The summed E-state index contributed by atoms with van der Waals surface area (Å²) >= 11 is 0. The molecule has 6 aromatic heterocycles. The largest absolute Gasteiger partial charge is 0.418 e. The maximum Gasteiger partial charge on any atom is 0.418 e. The standard InChI is InChI=1S/C24H23N5O.C23H22FN5O.C20H24F3N5O.9H2/c1-2-7-18-11-12-21(28-22(18)23(30)19-10-6-13-27-24(19)25)29-15-14-26-20(16-29)17-8-4-3-5-9-17;1-15(24)17-9-10-20(28-21(17)22(30)18-8-5-11-27-23(18)25)29-13-12-26-19(14-29)16-6-3-2-4-7-16;1-19(2,3)14-11-28(10-9-25-14)15-7-6-13(20(21,22)23)16(27-15)17(29)12-5-4-8-26-18(12)24;;;;;;;;;/h3-6,8-13,20,26H,14-16H2,1H3,(H2,25,27);2-11,19,26H,1,12-14H2,(H2,25,27);4-8,14,25H,9-11H2,1-3H3,(H2,24,26);9*1H/t20-;;;;;;;;;;;/m1.........../s1. The van der Waals surface area contributed by atoms with Crippen molar-refractivity contribution in [2.45, 2.75) is 52.0 Å². The van der Waals surface area contributed by atoms with E-state index in [9.17, 15) is 31.9 Å². The Balaban J connectivity index is 0.00000138. The molecule has 9 N–H and O–H groups in total. The maximum absolute atomic E-state index is 14.1. The Kier molecular flexibility index (Phi) is 20.2. The van der Waals surface area contributed by atoms with Crippen LogP contribution in [0.25, 0.3) is 5.83 Å². The molecule has 0 bridgehead atoms. The third-order valence-electron chi connectivity index (χ3n) is 15.3. The lowest BCUT2D eigenvalue weighted by Gasteiger charge is -2.41. The lowest BCUT2D eigenvalue weighted by Crippen LogP contribution is -2.56. The second-order valence-corrected chi connectivity index (χ2v) is 22.3. The third kappa shape index (κ3) is 15.4. The SMILES string of the molecule is C=C(F)c1ccc(N2CCNC(c3ccccc3)C2)nc1C(=O)c1cccnc1N.CC#Cc1ccc(N2CCN[C@@H](c3ccccc3)C2)nc1C(=O)c1cccnc1N.CC(C)(C)C1CN(c2ccc(C(F)(F)F)c(C(=O)c3cccnc3N)n2)CCN1.[HH].[HH].[HH].[HH].[HH].[HH].[HH].[HH].[HH]. The Morgan fingerprint density at radius 1 is 0.539 bits per heavy atom. The molecule has 9 heterocycles. The molecule has 0 spiro atoms. The van der Waals surface area contributed by atoms with Gasteiger partial charge in [0.15, 0.2) is 0 Å². The Morgan fingerprint density at radius 2 is 0.955 bits per heavy atom. The number of rotatable bonds is 12. The quantitative estimate of drug-likeness (QED) is 0.0378. The number of ketones is 3. The number of anilines is 6. The van der Waals surface area contributed by atoms with Gasteiger partial charge in [-0.05, 0) is 96.3 Å². The zero-order chi connectivity index (χ0) is 63.4. The molecule has 18 nitrogen and oxygen atoms in total. The number of carbonyl (C=O) groups excluding carboxylic acids is 3. The van der Waals surface area contributed by atoms with E-state index in [-0.39, 0.29) is 82.0 Å². The number of benzene rings is 2. The van der Waals surface area contributed by atoms with Gasteiger partial charge in [-0.3, -0.25) is 14.4 Å². The van der Waals surface area contributed by atoms with Crippen LogP contribution < -0.4 is 47.9 Å². The molecule has 0 aliphatic carbocycles. The summed E-state index contributed by atoms with van der Waals surface area (Å²) in [6, 6.07) is 39.5. The first-order chi connectivity index (χ1) is 42.7. The molecule has 11 rings (SSSR count). The molecule has 476 valence electrons. The van der Waals surface area contributed by atoms with Gasteiger partial charge in [0.25, 0.3) is 0 Å². The van der Waals surface area contributed by atoms with E-state index in [0.29, 0.717) is 54.6 Å². The van der Waals surface area contributed by atoms with E-state index in [2.05, 4.69) is 114 Å². The van der Waals surface area contributed by atoms with Crippen molar-refractivity contribution in [3.63, 3.8) is 0 Å². The number of carbonyl (C=O) groups is 3. The van der Waals surface area contributed by atoms with Crippen LogP contribution in [0.4, 0.5) is 52.5 Å². The van der Waals surface area contributed by atoms with Gasteiger partial charge in [-0.1, -0.05) is 93.9 Å². The van der Waals surface area contributed by atoms with Gasteiger partial charge in [0.05, 0.1) is 27.8 Å². The van der Waals surface area contributed by atoms with E-state index in [1.165, 1.54) is 41.7 Å². The lowest BCUT2D eigenvalue weighted by atomic mass is 9.85. The average molecular weight is 1230 g/mol. The minimum absolute atomic E-state index is 0. The number of nitrogens with one attached hydrogen (secondary N) is 3. The molecule has 22 heteroatoms. The highest BCUT2D eigenvalue weighted by Gasteiger charge is 2.38. The van der Waals surface area contributed by atoms with Crippen LogP contribution in [0, 0.1) is 17.3 Å². The number of hydrogen-bond acceptors (Lipinski definition) is 18. The van der Waals surface area contributed by atoms with Gasteiger partial charge in [-0.25, -0.2) is 34.3 Å². The molecule has 89 heavy (non-hydrogen) atoms. The summed E-state index contributed by atoms with van der Waals surface area (Å²) < 4.78 is 54.7. The second-order valence-electron chi connectivity index (χ2n) is 22.3. The predicted molar refractivity (Wildman–Crippen MR) is 358 cm³/mol. The van der Waals surface area contributed by atoms with Crippen LogP contribution >= 0.6 is 0 Å². The van der Waals surface area contributed by atoms with Crippen LogP contribution in [0.1, 0.15) is 129 Å². The summed E-state index contributed by atoms with van der Waals surface area (Å²) in [6.45, 7) is 17.7. The molecular formula is C67H87F4N15O3. The molecule has 0 saturated carbocycles. The van der Waals surface area contributed by atoms with Gasteiger partial charge in [-0.2, -0.15) is 13.2 Å². The highest BCUT2D eigenvalue weighted by atomic mass is 19.4. The predicted octanol–water partition coefficient (Wildman–Crippen LogP) is 11.5. The number of alkyl halides is 3. The molecule has 2 unspecified atom stereocenters. The van der Waals surface area contributed by atoms with Crippen LogP contribution in [0.15, 0.2) is 159 Å². The zero-order valence-electron chi connectivity index (χ0n) is 49.7. The van der Waals surface area contributed by atoms with Crippen molar-refractivity contribution >= 4 is 58.1 Å². The second kappa shape index (κ2) is 28.3. The Labute approximate surface area is 527 Å². The third-order valence-corrected chi connectivity index (χ3v) is 15.3. The average Bonchev–Trinajstić information content (AvgIpc) is 0.798. The molecular weight excluding hydrogens is 1140 g/mol. The molecule has 3 fully saturated rings. The monoisotopic (exact) mass is 1230 g/mol. The van der Waals surface area contributed by atoms with Crippen molar-refractivity contribution in [3.05, 3.63) is 220 Å². The minimum Gasteiger partial charge on any atom is -0.383 e. The molecule has 0 amide bonds. The number of aromatic nitrogens is 6. The number of halogens is 4. The van der Waals surface area contributed by atoms with E-state index in [0.717, 1.165) is 44.6 Å². The Bertz CT molecular complexity index is 3950.